The molecule has 0 N–H and O–H groups in total. The molecule has 0 unspecified atom stereocenters. The summed E-state index contributed by atoms with van der Waals surface area (Å²) in [7, 11) is 4.34. The molecule has 0 radical (unpaired) electrons. The van der Waals surface area contributed by atoms with Gasteiger partial charge in [-0.3, -0.25) is 14.5 Å². The molecule has 0 aliphatic heterocycles. The lowest BCUT2D eigenvalue weighted by molar-refractivity contribution is -0.889. The van der Waals surface area contributed by atoms with Gasteiger partial charge in [-0.15, -0.1) is 0 Å². The molecule has 0 aliphatic rings. The van der Waals surface area contributed by atoms with Crippen molar-refractivity contribution >= 4 is 11.8 Å². The molecule has 154 valence electrons. The van der Waals surface area contributed by atoms with Crippen LogP contribution in [0.2, 0.25) is 0 Å². The molecule has 0 atom stereocenters. The first kappa shape index (κ1) is 27.1. The van der Waals surface area contributed by atoms with Crippen LogP contribution in [0, 0.1) is 7.43 Å². The number of carbonyl (C=O) groups excluding carboxylic acids is 2. The molecule has 0 aliphatic carbocycles. The highest BCUT2D eigenvalue weighted by molar-refractivity contribution is 5.99. The number of unbranched alkanes of at least 4 members (excludes halogenated alkanes) is 9. The number of likely N-dealkylation sites (N-methyl/N-ethyl adjacent to an activating group) is 1. The van der Waals surface area contributed by atoms with Gasteiger partial charge in [-0.2, -0.15) is 0 Å². The first-order valence-electron chi connectivity index (χ1n) is 10.1. The van der Waals surface area contributed by atoms with Crippen LogP contribution in [0.15, 0.2) is 12.7 Å². The Kier molecular flexibility index (Phi) is 16.7. The average Bonchev–Trinajstić information content (AvgIpc) is 2.56. The van der Waals surface area contributed by atoms with Gasteiger partial charge in [0.15, 0.2) is 0 Å². The van der Waals surface area contributed by atoms with Crippen molar-refractivity contribution < 1.29 is 14.1 Å². The molecule has 0 saturated carbocycles. The van der Waals surface area contributed by atoms with Gasteiger partial charge in [0.25, 0.3) is 5.91 Å². The lowest BCUT2D eigenvalue weighted by Crippen LogP contribution is -2.48. The molecule has 0 bridgehead atoms. The van der Waals surface area contributed by atoms with E-state index in [-0.39, 0.29) is 19.2 Å². The highest BCUT2D eigenvalue weighted by atomic mass is 16.2. The van der Waals surface area contributed by atoms with Crippen molar-refractivity contribution in [3.05, 3.63) is 20.1 Å². The van der Waals surface area contributed by atoms with E-state index in [9.17, 15) is 9.59 Å². The van der Waals surface area contributed by atoms with E-state index in [0.29, 0.717) is 6.54 Å². The van der Waals surface area contributed by atoms with Gasteiger partial charge in [0, 0.05) is 6.92 Å². The van der Waals surface area contributed by atoms with Crippen LogP contribution in [-0.4, -0.2) is 54.9 Å². The summed E-state index contributed by atoms with van der Waals surface area (Å²) in [6.07, 6.45) is 14.6. The zero-order chi connectivity index (χ0) is 19.1. The van der Waals surface area contributed by atoms with E-state index in [0.717, 1.165) is 17.6 Å². The summed E-state index contributed by atoms with van der Waals surface area (Å²) < 4.78 is 0.839. The van der Waals surface area contributed by atoms with Crippen LogP contribution in [0.4, 0.5) is 0 Å². The van der Waals surface area contributed by atoms with Gasteiger partial charge in [-0.25, -0.2) is 0 Å². The van der Waals surface area contributed by atoms with Gasteiger partial charge >= 0.3 is 0 Å². The predicted molar refractivity (Wildman–Crippen MR) is 113 cm³/mol. The SMILES string of the molecule is C=CC(=O)N(CC[N+](C)(C)CCCCCCCCCCCC)C(C)=O.[CH3-]. The van der Waals surface area contributed by atoms with Crippen molar-refractivity contribution in [2.75, 3.05) is 33.7 Å². The number of rotatable bonds is 15. The Morgan fingerprint density at radius 3 is 1.77 bits per heavy atom. The van der Waals surface area contributed by atoms with E-state index >= 15 is 0 Å². The number of hydrogen-bond acceptors (Lipinski definition) is 2. The molecule has 4 heteroatoms. The maximum Gasteiger partial charge on any atom is 0.252 e. The largest absolute Gasteiger partial charge is 0.358 e. The van der Waals surface area contributed by atoms with E-state index in [1.165, 1.54) is 82.1 Å². The molecule has 4 nitrogen and oxygen atoms in total. The van der Waals surface area contributed by atoms with Gasteiger partial charge < -0.3 is 11.9 Å². The summed E-state index contributed by atoms with van der Waals surface area (Å²) in [6.45, 7) is 9.50. The fraction of sp³-hybridized carbons (Fsp3) is 0.773. The first-order valence-corrected chi connectivity index (χ1v) is 10.1. The molecule has 0 saturated heterocycles. The van der Waals surface area contributed by atoms with Gasteiger partial charge in [0.1, 0.15) is 0 Å². The van der Waals surface area contributed by atoms with Gasteiger partial charge in [0.05, 0.1) is 33.7 Å². The smallest absolute Gasteiger partial charge is 0.252 e. The van der Waals surface area contributed by atoms with Crippen molar-refractivity contribution in [2.45, 2.75) is 78.1 Å². The molecular formula is C22H44N2O2. The quantitative estimate of drug-likeness (QED) is 0.177. The normalized spacial score (nSPS) is 10.9. The van der Waals surface area contributed by atoms with E-state index < -0.39 is 0 Å². The van der Waals surface area contributed by atoms with Crippen LogP contribution in [0.25, 0.3) is 0 Å². The van der Waals surface area contributed by atoms with E-state index in [2.05, 4.69) is 27.6 Å². The zero-order valence-electron chi connectivity index (χ0n) is 18.2. The summed E-state index contributed by atoms with van der Waals surface area (Å²) >= 11 is 0. The summed E-state index contributed by atoms with van der Waals surface area (Å²) in [5.41, 5.74) is 0. The van der Waals surface area contributed by atoms with Crippen LogP contribution in [0.1, 0.15) is 78.1 Å². The number of nitrogens with zero attached hydrogens (tertiary/aromatic N) is 2. The van der Waals surface area contributed by atoms with Gasteiger partial charge in [-0.1, -0.05) is 64.9 Å². The number of hydrogen-bond donors (Lipinski definition) is 0. The molecule has 0 spiro atoms. The van der Waals surface area contributed by atoms with Crippen molar-refractivity contribution in [1.82, 2.24) is 4.90 Å². The number of carbonyl (C=O) groups is 2. The van der Waals surface area contributed by atoms with Crippen molar-refractivity contribution in [2.24, 2.45) is 0 Å². The Bertz CT molecular complexity index is 392. The Labute approximate surface area is 163 Å². The average molecular weight is 369 g/mol. The highest BCUT2D eigenvalue weighted by Crippen LogP contribution is 2.11. The summed E-state index contributed by atoms with van der Waals surface area (Å²) in [5, 5.41) is 0. The molecule has 0 rings (SSSR count). The highest BCUT2D eigenvalue weighted by Gasteiger charge is 2.21. The lowest BCUT2D eigenvalue weighted by atomic mass is 10.1. The summed E-state index contributed by atoms with van der Waals surface area (Å²) in [6, 6.07) is 0. The minimum atomic E-state index is -0.300. The topological polar surface area (TPSA) is 37.4 Å². The molecule has 0 fully saturated rings. The van der Waals surface area contributed by atoms with E-state index in [1.54, 1.807) is 0 Å². The number of amides is 2. The third-order valence-corrected chi connectivity index (χ3v) is 4.87. The van der Waals surface area contributed by atoms with Crippen LogP contribution >= 0.6 is 0 Å². The maximum absolute atomic E-state index is 11.7. The molecule has 0 heterocycles. The lowest BCUT2D eigenvalue weighted by Gasteiger charge is -2.31. The minimum Gasteiger partial charge on any atom is -0.358 e. The first-order chi connectivity index (χ1) is 11.8. The third-order valence-electron chi connectivity index (χ3n) is 4.87. The Hall–Kier alpha value is -1.16. The van der Waals surface area contributed by atoms with Crippen molar-refractivity contribution in [3.63, 3.8) is 0 Å². The molecule has 0 aromatic heterocycles. The fourth-order valence-corrected chi connectivity index (χ4v) is 3.04. The monoisotopic (exact) mass is 368 g/mol. The second-order valence-electron chi connectivity index (χ2n) is 7.78. The Balaban J connectivity index is 0. The van der Waals surface area contributed by atoms with Crippen LogP contribution < -0.4 is 0 Å². The van der Waals surface area contributed by atoms with E-state index in [1.807, 2.05) is 0 Å². The molecule has 0 aromatic rings. The zero-order valence-corrected chi connectivity index (χ0v) is 18.2. The van der Waals surface area contributed by atoms with Crippen LogP contribution in [-0.2, 0) is 9.59 Å². The molecule has 0 aromatic carbocycles. The fourth-order valence-electron chi connectivity index (χ4n) is 3.04. The standard InChI is InChI=1S/C21H41N2O2.CH3/c1-6-8-9-10-11-12-13-14-15-16-18-23(4,5)19-17-22(20(3)24)21(25)7-2;/h7H,2,6,8-19H2,1,3-5H3;1H3/q+1;-1. The Morgan fingerprint density at radius 2 is 1.35 bits per heavy atom. The predicted octanol–water partition coefficient (Wildman–Crippen LogP) is 5.00. The molecular weight excluding hydrogens is 324 g/mol. The van der Waals surface area contributed by atoms with Crippen LogP contribution in [0.3, 0.4) is 0 Å². The third kappa shape index (κ3) is 14.1. The van der Waals surface area contributed by atoms with Gasteiger partial charge in [0.2, 0.25) is 5.91 Å². The van der Waals surface area contributed by atoms with Crippen molar-refractivity contribution in [1.29, 1.82) is 0 Å². The molecule has 26 heavy (non-hydrogen) atoms. The van der Waals surface area contributed by atoms with Crippen LogP contribution in [0.5, 0.6) is 0 Å². The second kappa shape index (κ2) is 16.0. The number of imide groups is 1. The molecule has 2 amide bonds. The Morgan fingerprint density at radius 1 is 0.885 bits per heavy atom. The summed E-state index contributed by atoms with van der Waals surface area (Å²) in [5.74, 6) is -0.504. The van der Waals surface area contributed by atoms with Gasteiger partial charge in [-0.05, 0) is 18.9 Å². The number of quaternary nitrogens is 1. The van der Waals surface area contributed by atoms with Crippen molar-refractivity contribution in [3.8, 4) is 0 Å². The minimum absolute atomic E-state index is 0. The van der Waals surface area contributed by atoms with E-state index in [4.69, 9.17) is 0 Å². The maximum atomic E-state index is 11.7. The second-order valence-corrected chi connectivity index (χ2v) is 7.78. The summed E-state index contributed by atoms with van der Waals surface area (Å²) in [4.78, 5) is 24.5.